The Kier molecular flexibility index (Phi) is 1.58. The van der Waals surface area contributed by atoms with E-state index in [4.69, 9.17) is 5.73 Å². The topological polar surface area (TPSA) is 49.5 Å². The summed E-state index contributed by atoms with van der Waals surface area (Å²) < 4.78 is 12.6. The van der Waals surface area contributed by atoms with Crippen molar-refractivity contribution in [2.24, 2.45) is 5.73 Å². The number of halogens is 1. The molecule has 1 unspecified atom stereocenters. The maximum absolute atomic E-state index is 12.6. The summed E-state index contributed by atoms with van der Waals surface area (Å²) in [4.78, 5) is 1.56. The number of hydrogen-bond donors (Lipinski definition) is 2. The normalized spacial score (nSPS) is 39.7. The van der Waals surface area contributed by atoms with Crippen LogP contribution in [0.1, 0.15) is 6.42 Å². The molecule has 0 spiro atoms. The van der Waals surface area contributed by atoms with E-state index in [9.17, 15) is 9.50 Å². The van der Waals surface area contributed by atoms with E-state index in [0.29, 0.717) is 12.1 Å². The number of aliphatic hydroxyl groups excluding tert-OH is 1. The second-order valence-electron chi connectivity index (χ2n) is 3.15. The molecule has 1 aliphatic heterocycles. The number of nitrogens with zero attached hydrogens (tertiary/aromatic N) is 1. The van der Waals surface area contributed by atoms with Gasteiger partial charge in [-0.05, 0) is 12.2 Å². The van der Waals surface area contributed by atoms with Crippen molar-refractivity contribution in [2.75, 3.05) is 0 Å². The van der Waals surface area contributed by atoms with Crippen LogP contribution < -0.4 is 5.73 Å². The van der Waals surface area contributed by atoms with Gasteiger partial charge < -0.3 is 15.7 Å². The molecule has 0 saturated heterocycles. The van der Waals surface area contributed by atoms with Gasteiger partial charge in [-0.2, -0.15) is 0 Å². The smallest absolute Gasteiger partial charge is 0.167 e. The van der Waals surface area contributed by atoms with Crippen molar-refractivity contribution in [1.82, 2.24) is 4.90 Å². The lowest BCUT2D eigenvalue weighted by Crippen LogP contribution is -2.39. The molecule has 3 nitrogen and oxygen atoms in total. The number of aliphatic hydroxyl groups is 1. The average Bonchev–Trinajstić information content (AvgIpc) is 2.73. The van der Waals surface area contributed by atoms with E-state index >= 15 is 0 Å². The minimum atomic E-state index is -0.847. The third-order valence-electron chi connectivity index (χ3n) is 2.19. The van der Waals surface area contributed by atoms with E-state index in [1.54, 1.807) is 23.3 Å². The molecule has 3 N–H and O–H groups in total. The van der Waals surface area contributed by atoms with Crippen molar-refractivity contribution in [3.63, 3.8) is 0 Å². The predicted octanol–water partition coefficient (Wildman–Crippen LogP) is 0.0871. The molecule has 0 aromatic rings. The second-order valence-corrected chi connectivity index (χ2v) is 3.15. The van der Waals surface area contributed by atoms with Crippen LogP contribution in [0.3, 0.4) is 0 Å². The summed E-state index contributed by atoms with van der Waals surface area (Å²) >= 11 is 0. The van der Waals surface area contributed by atoms with Gasteiger partial charge in [-0.15, -0.1) is 0 Å². The summed E-state index contributed by atoms with van der Waals surface area (Å²) in [6.07, 6.45) is 3.85. The monoisotopic (exact) mass is 170 g/mol. The predicted molar refractivity (Wildman–Crippen MR) is 42.6 cm³/mol. The van der Waals surface area contributed by atoms with E-state index in [2.05, 4.69) is 0 Å². The number of hydrogen-bond acceptors (Lipinski definition) is 3. The molecule has 0 radical (unpaired) electrons. The van der Waals surface area contributed by atoms with Crippen LogP contribution in [-0.4, -0.2) is 28.4 Å². The highest BCUT2D eigenvalue weighted by Gasteiger charge is 2.44. The fourth-order valence-electron chi connectivity index (χ4n) is 1.35. The minimum absolute atomic E-state index is 0.177. The molecule has 2 aliphatic rings. The maximum atomic E-state index is 12.6. The van der Waals surface area contributed by atoms with Crippen molar-refractivity contribution >= 4 is 0 Å². The first-order valence-electron chi connectivity index (χ1n) is 3.93. The molecule has 1 aliphatic carbocycles. The zero-order valence-electron chi connectivity index (χ0n) is 6.52. The molecule has 66 valence electrons. The number of rotatable bonds is 1. The summed E-state index contributed by atoms with van der Waals surface area (Å²) in [5, 5.41) is 9.48. The van der Waals surface area contributed by atoms with Crippen LogP contribution in [0.5, 0.6) is 0 Å². The van der Waals surface area contributed by atoms with Crippen molar-refractivity contribution in [2.45, 2.75) is 24.9 Å². The quantitative estimate of drug-likeness (QED) is 0.586. The van der Waals surface area contributed by atoms with Crippen LogP contribution in [0, 0.1) is 0 Å². The standard InChI is InChI=1S/C8H11FN2O/c9-5-4-7(5)11-3-1-2-6(10)8(11)12/h1-3,5,7-8,12H,4,10H2/t5-,7-,8?/m1/s1. The Bertz CT molecular complexity index is 251. The third kappa shape index (κ3) is 1.08. The number of allylic oxidation sites excluding steroid dienone is 2. The Labute approximate surface area is 70.0 Å². The first kappa shape index (κ1) is 7.61. The van der Waals surface area contributed by atoms with Gasteiger partial charge in [0.05, 0.1) is 11.7 Å². The van der Waals surface area contributed by atoms with Gasteiger partial charge in [0.25, 0.3) is 0 Å². The van der Waals surface area contributed by atoms with E-state index < -0.39 is 12.4 Å². The largest absolute Gasteiger partial charge is 0.398 e. The average molecular weight is 170 g/mol. The molecule has 1 saturated carbocycles. The highest BCUT2D eigenvalue weighted by atomic mass is 19.1. The zero-order valence-corrected chi connectivity index (χ0v) is 6.52. The van der Waals surface area contributed by atoms with Crippen LogP contribution >= 0.6 is 0 Å². The highest BCUT2D eigenvalue weighted by molar-refractivity contribution is 5.20. The second kappa shape index (κ2) is 2.48. The molecule has 1 heterocycles. The summed E-state index contributed by atoms with van der Waals surface area (Å²) in [6, 6.07) is -0.177. The third-order valence-corrected chi connectivity index (χ3v) is 2.19. The van der Waals surface area contributed by atoms with Gasteiger partial charge in [0.15, 0.2) is 6.23 Å². The molecule has 0 aromatic carbocycles. The Morgan fingerprint density at radius 3 is 2.92 bits per heavy atom. The van der Waals surface area contributed by atoms with E-state index in [1.807, 2.05) is 0 Å². The first-order chi connectivity index (χ1) is 5.70. The molecule has 12 heavy (non-hydrogen) atoms. The maximum Gasteiger partial charge on any atom is 0.167 e. The lowest BCUT2D eigenvalue weighted by atomic mass is 10.2. The Morgan fingerprint density at radius 2 is 2.33 bits per heavy atom. The summed E-state index contributed by atoms with van der Waals surface area (Å²) in [6.45, 7) is 0. The molecular formula is C8H11FN2O. The fourth-order valence-corrected chi connectivity index (χ4v) is 1.35. The molecule has 0 bridgehead atoms. The lowest BCUT2D eigenvalue weighted by molar-refractivity contribution is 0.0548. The Balaban J connectivity index is 2.09. The summed E-state index contributed by atoms with van der Waals surface area (Å²) in [7, 11) is 0. The van der Waals surface area contributed by atoms with Crippen LogP contribution in [0.25, 0.3) is 0 Å². The minimum Gasteiger partial charge on any atom is -0.398 e. The Morgan fingerprint density at radius 1 is 1.67 bits per heavy atom. The molecular weight excluding hydrogens is 159 g/mol. The SMILES string of the molecule is NC1=CC=CN([C@@H]2C[C@H]2F)C1O. The molecule has 3 atom stereocenters. The van der Waals surface area contributed by atoms with Gasteiger partial charge in [-0.25, -0.2) is 4.39 Å². The molecule has 1 fully saturated rings. The van der Waals surface area contributed by atoms with Crippen molar-refractivity contribution in [1.29, 1.82) is 0 Å². The van der Waals surface area contributed by atoms with E-state index in [-0.39, 0.29) is 6.04 Å². The lowest BCUT2D eigenvalue weighted by Gasteiger charge is -2.28. The summed E-state index contributed by atoms with van der Waals surface area (Å²) in [5.41, 5.74) is 5.85. The van der Waals surface area contributed by atoms with Crippen molar-refractivity contribution in [3.05, 3.63) is 24.0 Å². The first-order valence-corrected chi connectivity index (χ1v) is 3.93. The number of alkyl halides is 1. The van der Waals surface area contributed by atoms with E-state index in [0.717, 1.165) is 0 Å². The van der Waals surface area contributed by atoms with Gasteiger partial charge in [-0.1, -0.05) is 0 Å². The van der Waals surface area contributed by atoms with Gasteiger partial charge in [0.1, 0.15) is 6.17 Å². The van der Waals surface area contributed by atoms with Crippen molar-refractivity contribution < 1.29 is 9.50 Å². The Hall–Kier alpha value is -1.03. The van der Waals surface area contributed by atoms with Gasteiger partial charge in [-0.3, -0.25) is 0 Å². The number of nitrogens with two attached hydrogens (primary N) is 1. The molecule has 2 rings (SSSR count). The zero-order chi connectivity index (χ0) is 8.72. The van der Waals surface area contributed by atoms with Gasteiger partial charge in [0, 0.05) is 12.6 Å². The highest BCUT2D eigenvalue weighted by Crippen LogP contribution is 2.34. The van der Waals surface area contributed by atoms with Gasteiger partial charge >= 0.3 is 0 Å². The van der Waals surface area contributed by atoms with Crippen LogP contribution in [-0.2, 0) is 0 Å². The molecule has 0 aromatic heterocycles. The van der Waals surface area contributed by atoms with Crippen LogP contribution in [0.4, 0.5) is 4.39 Å². The fraction of sp³-hybridized carbons (Fsp3) is 0.500. The van der Waals surface area contributed by atoms with E-state index in [1.165, 1.54) is 0 Å². The van der Waals surface area contributed by atoms with Crippen LogP contribution in [0.2, 0.25) is 0 Å². The van der Waals surface area contributed by atoms with Gasteiger partial charge in [0.2, 0.25) is 0 Å². The summed E-state index contributed by atoms with van der Waals surface area (Å²) in [5.74, 6) is 0. The molecule has 4 heteroatoms. The van der Waals surface area contributed by atoms with Crippen LogP contribution in [0.15, 0.2) is 24.0 Å². The van der Waals surface area contributed by atoms with Crippen molar-refractivity contribution in [3.8, 4) is 0 Å². The molecule has 0 amide bonds.